The molecule has 2 atom stereocenters. The van der Waals surface area contributed by atoms with Gasteiger partial charge >= 0.3 is 0 Å². The van der Waals surface area contributed by atoms with Gasteiger partial charge in [0.15, 0.2) is 0 Å². The molecule has 0 aromatic carbocycles. The Morgan fingerprint density at radius 1 is 1.21 bits per heavy atom. The Morgan fingerprint density at radius 3 is 2.54 bits per heavy atom. The first-order chi connectivity index (χ1) is 10.6. The van der Waals surface area contributed by atoms with E-state index >= 15 is 0 Å². The van der Waals surface area contributed by atoms with Crippen LogP contribution in [0.25, 0.3) is 0 Å². The summed E-state index contributed by atoms with van der Waals surface area (Å²) in [6.45, 7) is 3.14. The molecule has 1 aromatic rings. The van der Waals surface area contributed by atoms with Gasteiger partial charge in [0.1, 0.15) is 11.9 Å². The lowest BCUT2D eigenvalue weighted by atomic mass is 10.1. The SMILES string of the molecule is C[C@H]1OCCN[C@@H]1C(=O)Nc1ccc(NC(=O)C2CC2)nc1.Cl.Cl. The van der Waals surface area contributed by atoms with E-state index < -0.39 is 0 Å². The Labute approximate surface area is 153 Å². The number of hydrogen-bond donors (Lipinski definition) is 3. The number of halogens is 2. The van der Waals surface area contributed by atoms with E-state index in [1.165, 1.54) is 6.20 Å². The summed E-state index contributed by atoms with van der Waals surface area (Å²) in [5.74, 6) is 0.507. The maximum Gasteiger partial charge on any atom is 0.244 e. The zero-order chi connectivity index (χ0) is 15.5. The van der Waals surface area contributed by atoms with Crippen molar-refractivity contribution in [1.82, 2.24) is 10.3 Å². The summed E-state index contributed by atoms with van der Waals surface area (Å²) in [5, 5.41) is 8.69. The van der Waals surface area contributed by atoms with Gasteiger partial charge in [-0.25, -0.2) is 4.98 Å². The van der Waals surface area contributed by atoms with Crippen molar-refractivity contribution >= 4 is 48.1 Å². The predicted molar refractivity (Wildman–Crippen MR) is 95.9 cm³/mol. The molecule has 3 N–H and O–H groups in total. The number of aromatic nitrogens is 1. The van der Waals surface area contributed by atoms with Crippen LogP contribution in [0.1, 0.15) is 19.8 Å². The standard InChI is InChI=1S/C15H20N4O3.2ClH/c1-9-13(16-6-7-22-9)15(21)18-11-4-5-12(17-8-11)19-14(20)10-2-3-10;;/h4-5,8-10,13,16H,2-3,6-7H2,1H3,(H,18,21)(H,17,19,20);2*1H/t9-,13+;;/m1../s1. The molecule has 3 rings (SSSR count). The van der Waals surface area contributed by atoms with Gasteiger partial charge in [-0.05, 0) is 31.9 Å². The number of hydrogen-bond acceptors (Lipinski definition) is 5. The number of nitrogens with zero attached hydrogens (tertiary/aromatic N) is 1. The number of pyridine rings is 1. The summed E-state index contributed by atoms with van der Waals surface area (Å²) in [5.41, 5.74) is 0.592. The number of carbonyl (C=O) groups excluding carboxylic acids is 2. The van der Waals surface area contributed by atoms with Crippen molar-refractivity contribution in [1.29, 1.82) is 0 Å². The number of amides is 2. The highest BCUT2D eigenvalue weighted by Gasteiger charge is 2.30. The van der Waals surface area contributed by atoms with Gasteiger partial charge in [-0.3, -0.25) is 9.59 Å². The number of ether oxygens (including phenoxy) is 1. The normalized spacial score (nSPS) is 22.5. The third-order valence-electron chi connectivity index (χ3n) is 3.83. The van der Waals surface area contributed by atoms with Crippen LogP contribution in [-0.2, 0) is 14.3 Å². The third kappa shape index (κ3) is 5.31. The summed E-state index contributed by atoms with van der Waals surface area (Å²) < 4.78 is 5.45. The highest BCUT2D eigenvalue weighted by Crippen LogP contribution is 2.29. The highest BCUT2D eigenvalue weighted by molar-refractivity contribution is 5.96. The monoisotopic (exact) mass is 376 g/mol. The average Bonchev–Trinajstić information content (AvgIpc) is 3.34. The second-order valence-electron chi connectivity index (χ2n) is 5.69. The smallest absolute Gasteiger partial charge is 0.244 e. The zero-order valence-electron chi connectivity index (χ0n) is 13.3. The largest absolute Gasteiger partial charge is 0.375 e. The minimum atomic E-state index is -0.372. The van der Waals surface area contributed by atoms with E-state index in [1.54, 1.807) is 12.1 Å². The maximum atomic E-state index is 12.2. The summed E-state index contributed by atoms with van der Waals surface area (Å²) in [4.78, 5) is 28.0. The van der Waals surface area contributed by atoms with Gasteiger partial charge in [-0.2, -0.15) is 0 Å². The predicted octanol–water partition coefficient (Wildman–Crippen LogP) is 1.59. The topological polar surface area (TPSA) is 92.4 Å². The van der Waals surface area contributed by atoms with Crippen LogP contribution in [0.15, 0.2) is 18.3 Å². The lowest BCUT2D eigenvalue weighted by molar-refractivity contribution is -0.123. The molecule has 0 spiro atoms. The summed E-state index contributed by atoms with van der Waals surface area (Å²) in [6.07, 6.45) is 3.27. The molecule has 1 aromatic heterocycles. The van der Waals surface area contributed by atoms with Crippen LogP contribution in [0.3, 0.4) is 0 Å². The molecule has 2 aliphatic rings. The third-order valence-corrected chi connectivity index (χ3v) is 3.83. The number of rotatable bonds is 4. The summed E-state index contributed by atoms with van der Waals surface area (Å²) >= 11 is 0. The quantitative estimate of drug-likeness (QED) is 0.741. The number of carbonyl (C=O) groups is 2. The Balaban J connectivity index is 0.00000144. The van der Waals surface area contributed by atoms with Crippen molar-refractivity contribution in [2.75, 3.05) is 23.8 Å². The van der Waals surface area contributed by atoms with Crippen LogP contribution in [-0.4, -0.2) is 42.1 Å². The number of morpholine rings is 1. The number of nitrogens with one attached hydrogen (secondary N) is 3. The molecule has 2 heterocycles. The average molecular weight is 377 g/mol. The van der Waals surface area contributed by atoms with Gasteiger partial charge in [0.25, 0.3) is 0 Å². The van der Waals surface area contributed by atoms with E-state index in [0.717, 1.165) is 12.8 Å². The molecule has 24 heavy (non-hydrogen) atoms. The van der Waals surface area contributed by atoms with Gasteiger partial charge in [0.05, 0.1) is 24.6 Å². The first-order valence-corrected chi connectivity index (χ1v) is 7.56. The highest BCUT2D eigenvalue weighted by atomic mass is 35.5. The van der Waals surface area contributed by atoms with E-state index in [9.17, 15) is 9.59 Å². The molecule has 1 aliphatic heterocycles. The molecular formula is C15H22Cl2N4O3. The van der Waals surface area contributed by atoms with Crippen molar-refractivity contribution in [3.63, 3.8) is 0 Å². The molecular weight excluding hydrogens is 355 g/mol. The Hall–Kier alpha value is -1.41. The maximum absolute atomic E-state index is 12.2. The lowest BCUT2D eigenvalue weighted by Crippen LogP contribution is -2.53. The molecule has 2 fully saturated rings. The summed E-state index contributed by atoms with van der Waals surface area (Å²) in [6, 6.07) is 3.04. The van der Waals surface area contributed by atoms with Gasteiger partial charge in [-0.15, -0.1) is 24.8 Å². The molecule has 0 radical (unpaired) electrons. The molecule has 9 heteroatoms. The zero-order valence-corrected chi connectivity index (χ0v) is 14.9. The van der Waals surface area contributed by atoms with Crippen molar-refractivity contribution in [3.8, 4) is 0 Å². The Morgan fingerprint density at radius 2 is 1.96 bits per heavy atom. The minimum absolute atomic E-state index is 0. The molecule has 7 nitrogen and oxygen atoms in total. The second-order valence-corrected chi connectivity index (χ2v) is 5.69. The van der Waals surface area contributed by atoms with Crippen LogP contribution >= 0.6 is 24.8 Å². The first-order valence-electron chi connectivity index (χ1n) is 7.56. The first kappa shape index (κ1) is 20.6. The molecule has 1 saturated heterocycles. The van der Waals surface area contributed by atoms with Crippen LogP contribution in [0, 0.1) is 5.92 Å². The van der Waals surface area contributed by atoms with Crippen LogP contribution in [0.2, 0.25) is 0 Å². The molecule has 2 amide bonds. The van der Waals surface area contributed by atoms with Crippen LogP contribution in [0.4, 0.5) is 11.5 Å². The Kier molecular flexibility index (Phi) is 7.89. The molecule has 1 saturated carbocycles. The molecule has 0 unspecified atom stereocenters. The molecule has 1 aliphatic carbocycles. The van der Waals surface area contributed by atoms with Gasteiger partial charge in [0, 0.05) is 12.5 Å². The fourth-order valence-electron chi connectivity index (χ4n) is 2.36. The van der Waals surface area contributed by atoms with Crippen molar-refractivity contribution in [2.24, 2.45) is 5.92 Å². The van der Waals surface area contributed by atoms with Crippen molar-refractivity contribution in [2.45, 2.75) is 31.9 Å². The molecule has 0 bridgehead atoms. The van der Waals surface area contributed by atoms with Crippen LogP contribution < -0.4 is 16.0 Å². The van der Waals surface area contributed by atoms with Gasteiger partial charge in [0.2, 0.25) is 11.8 Å². The molecule has 134 valence electrons. The van der Waals surface area contributed by atoms with Crippen molar-refractivity contribution in [3.05, 3.63) is 18.3 Å². The Bertz CT molecular complexity index is 566. The van der Waals surface area contributed by atoms with Gasteiger partial charge < -0.3 is 20.7 Å². The van der Waals surface area contributed by atoms with Gasteiger partial charge in [-0.1, -0.05) is 0 Å². The van der Waals surface area contributed by atoms with E-state index in [4.69, 9.17) is 4.74 Å². The fraction of sp³-hybridized carbons (Fsp3) is 0.533. The number of anilines is 2. The van der Waals surface area contributed by atoms with Crippen molar-refractivity contribution < 1.29 is 14.3 Å². The van der Waals surface area contributed by atoms with E-state index in [-0.39, 0.29) is 54.7 Å². The van der Waals surface area contributed by atoms with E-state index in [2.05, 4.69) is 20.9 Å². The fourth-order valence-corrected chi connectivity index (χ4v) is 2.36. The van der Waals surface area contributed by atoms with Crippen LogP contribution in [0.5, 0.6) is 0 Å². The van der Waals surface area contributed by atoms with E-state index in [0.29, 0.717) is 24.7 Å². The summed E-state index contributed by atoms with van der Waals surface area (Å²) in [7, 11) is 0. The second kappa shape index (κ2) is 9.17. The van der Waals surface area contributed by atoms with E-state index in [1.807, 2.05) is 6.92 Å². The lowest BCUT2D eigenvalue weighted by Gasteiger charge is -2.29. The minimum Gasteiger partial charge on any atom is -0.375 e.